The van der Waals surface area contributed by atoms with Crippen LogP contribution in [0.3, 0.4) is 0 Å². The van der Waals surface area contributed by atoms with Crippen LogP contribution in [0, 0.1) is 5.92 Å². The molecule has 6 heteroatoms. The molecule has 4 heterocycles. The van der Waals surface area contributed by atoms with Gasteiger partial charge >= 0.3 is 0 Å². The first-order chi connectivity index (χ1) is 10.7. The van der Waals surface area contributed by atoms with Gasteiger partial charge in [-0.2, -0.15) is 11.3 Å². The molecule has 3 aliphatic heterocycles. The molecular formula is C16H18N2O3S. The first-order valence-corrected chi connectivity index (χ1v) is 8.60. The van der Waals surface area contributed by atoms with Gasteiger partial charge in [0.2, 0.25) is 11.8 Å². The summed E-state index contributed by atoms with van der Waals surface area (Å²) >= 11 is 1.60. The smallest absolute Gasteiger partial charge is 0.226 e. The molecule has 3 aliphatic rings. The predicted octanol–water partition coefficient (Wildman–Crippen LogP) is 1.53. The highest BCUT2D eigenvalue weighted by atomic mass is 32.1. The Hall–Kier alpha value is -1.66. The van der Waals surface area contributed by atoms with Gasteiger partial charge in [-0.25, -0.2) is 0 Å². The van der Waals surface area contributed by atoms with Crippen molar-refractivity contribution in [2.24, 2.45) is 5.92 Å². The van der Waals surface area contributed by atoms with Gasteiger partial charge < -0.3 is 15.4 Å². The van der Waals surface area contributed by atoms with Gasteiger partial charge in [0.25, 0.3) is 0 Å². The van der Waals surface area contributed by atoms with Crippen molar-refractivity contribution in [2.45, 2.75) is 43.6 Å². The molecule has 0 aromatic carbocycles. The average Bonchev–Trinajstić information content (AvgIpc) is 3.26. The minimum Gasteiger partial charge on any atom is -0.366 e. The lowest BCUT2D eigenvalue weighted by Crippen LogP contribution is -2.51. The number of amides is 2. The first-order valence-electron chi connectivity index (χ1n) is 7.66. The third-order valence-electron chi connectivity index (χ3n) is 4.70. The Morgan fingerprint density at radius 3 is 3.00 bits per heavy atom. The van der Waals surface area contributed by atoms with Crippen LogP contribution in [-0.2, 0) is 14.3 Å². The second-order valence-corrected chi connectivity index (χ2v) is 6.90. The van der Waals surface area contributed by atoms with Crippen molar-refractivity contribution >= 4 is 23.2 Å². The Labute approximate surface area is 132 Å². The fourth-order valence-electron chi connectivity index (χ4n) is 3.54. The number of piperidine rings is 1. The molecule has 0 spiro atoms. The third kappa shape index (κ3) is 2.46. The third-order valence-corrected chi connectivity index (χ3v) is 5.40. The summed E-state index contributed by atoms with van der Waals surface area (Å²) in [4.78, 5) is 24.3. The highest BCUT2D eigenvalue weighted by Gasteiger charge is 2.42. The highest BCUT2D eigenvalue weighted by Crippen LogP contribution is 2.34. The van der Waals surface area contributed by atoms with Crippen LogP contribution in [-0.4, -0.2) is 30.1 Å². The Balaban J connectivity index is 1.47. The lowest BCUT2D eigenvalue weighted by molar-refractivity contribution is -0.129. The summed E-state index contributed by atoms with van der Waals surface area (Å²) < 4.78 is 5.67. The van der Waals surface area contributed by atoms with E-state index in [1.54, 1.807) is 11.3 Å². The lowest BCUT2D eigenvalue weighted by atomic mass is 9.90. The molecular weight excluding hydrogens is 300 g/mol. The summed E-state index contributed by atoms with van der Waals surface area (Å²) in [6.07, 6.45) is 5.92. The van der Waals surface area contributed by atoms with Crippen LogP contribution >= 0.6 is 11.3 Å². The molecule has 2 saturated heterocycles. The molecule has 1 aromatic rings. The molecule has 1 aromatic heterocycles. The van der Waals surface area contributed by atoms with E-state index in [1.165, 1.54) is 0 Å². The molecule has 2 fully saturated rings. The first kappa shape index (κ1) is 14.0. The van der Waals surface area contributed by atoms with E-state index in [0.717, 1.165) is 12.0 Å². The van der Waals surface area contributed by atoms with Crippen molar-refractivity contribution in [1.29, 1.82) is 0 Å². The monoisotopic (exact) mass is 318 g/mol. The zero-order valence-corrected chi connectivity index (χ0v) is 12.8. The van der Waals surface area contributed by atoms with E-state index in [-0.39, 0.29) is 42.0 Å². The van der Waals surface area contributed by atoms with Gasteiger partial charge in [-0.05, 0) is 35.2 Å². The fourth-order valence-corrected chi connectivity index (χ4v) is 4.24. The molecule has 2 amide bonds. The van der Waals surface area contributed by atoms with Crippen molar-refractivity contribution < 1.29 is 14.3 Å². The van der Waals surface area contributed by atoms with E-state index < -0.39 is 0 Å². The van der Waals surface area contributed by atoms with Crippen LogP contribution in [0.5, 0.6) is 0 Å². The molecule has 2 bridgehead atoms. The number of carbonyl (C=O) groups is 2. The molecule has 0 saturated carbocycles. The zero-order chi connectivity index (χ0) is 15.1. The maximum atomic E-state index is 12.6. The van der Waals surface area contributed by atoms with Crippen LogP contribution < -0.4 is 10.6 Å². The van der Waals surface area contributed by atoms with Crippen LogP contribution in [0.15, 0.2) is 29.0 Å². The van der Waals surface area contributed by atoms with E-state index in [0.29, 0.717) is 12.8 Å². The van der Waals surface area contributed by atoms with E-state index in [2.05, 4.69) is 10.6 Å². The fraction of sp³-hybridized carbons (Fsp3) is 0.500. The van der Waals surface area contributed by atoms with Crippen LogP contribution in [0.25, 0.3) is 0 Å². The van der Waals surface area contributed by atoms with E-state index in [9.17, 15) is 9.59 Å². The quantitative estimate of drug-likeness (QED) is 0.831. The van der Waals surface area contributed by atoms with Gasteiger partial charge in [-0.3, -0.25) is 9.59 Å². The second-order valence-electron chi connectivity index (χ2n) is 6.12. The minimum atomic E-state index is -0.133. The molecule has 5 atom stereocenters. The Morgan fingerprint density at radius 2 is 2.32 bits per heavy atom. The molecule has 116 valence electrons. The van der Waals surface area contributed by atoms with Gasteiger partial charge in [0.05, 0.1) is 30.2 Å². The van der Waals surface area contributed by atoms with Crippen molar-refractivity contribution in [1.82, 2.24) is 10.6 Å². The molecule has 0 radical (unpaired) electrons. The largest absolute Gasteiger partial charge is 0.366 e. The number of nitrogens with one attached hydrogen (secondary N) is 2. The van der Waals surface area contributed by atoms with E-state index in [4.69, 9.17) is 4.74 Å². The molecule has 3 unspecified atom stereocenters. The maximum Gasteiger partial charge on any atom is 0.226 e. The Morgan fingerprint density at radius 1 is 1.41 bits per heavy atom. The van der Waals surface area contributed by atoms with Crippen molar-refractivity contribution in [3.63, 3.8) is 0 Å². The number of ether oxygens (including phenoxy) is 1. The lowest BCUT2D eigenvalue weighted by Gasteiger charge is -2.33. The summed E-state index contributed by atoms with van der Waals surface area (Å²) in [5, 5.41) is 10.2. The van der Waals surface area contributed by atoms with Gasteiger partial charge in [-0.1, -0.05) is 12.2 Å². The molecule has 5 nitrogen and oxygen atoms in total. The van der Waals surface area contributed by atoms with Gasteiger partial charge in [-0.15, -0.1) is 0 Å². The second kappa shape index (κ2) is 5.52. The van der Waals surface area contributed by atoms with Gasteiger partial charge in [0.15, 0.2) is 0 Å². The van der Waals surface area contributed by atoms with Crippen molar-refractivity contribution in [3.8, 4) is 0 Å². The van der Waals surface area contributed by atoms with Crippen LogP contribution in [0.2, 0.25) is 0 Å². The van der Waals surface area contributed by atoms with Crippen molar-refractivity contribution in [3.05, 3.63) is 34.5 Å². The molecule has 4 rings (SSSR count). The predicted molar refractivity (Wildman–Crippen MR) is 82.3 cm³/mol. The molecule has 0 aliphatic carbocycles. The SMILES string of the molecule is O=C1CC[C@@H](NC(=O)C2CC3C=CC2O3)[C@H](c2ccsc2)N1. The summed E-state index contributed by atoms with van der Waals surface area (Å²) in [6.45, 7) is 0. The summed E-state index contributed by atoms with van der Waals surface area (Å²) in [5.74, 6) is -0.0122. The summed E-state index contributed by atoms with van der Waals surface area (Å²) in [7, 11) is 0. The number of hydrogen-bond donors (Lipinski definition) is 2. The van der Waals surface area contributed by atoms with Crippen LogP contribution in [0.4, 0.5) is 0 Å². The maximum absolute atomic E-state index is 12.6. The average molecular weight is 318 g/mol. The van der Waals surface area contributed by atoms with E-state index >= 15 is 0 Å². The van der Waals surface area contributed by atoms with Crippen molar-refractivity contribution in [2.75, 3.05) is 0 Å². The number of thiophene rings is 1. The highest BCUT2D eigenvalue weighted by molar-refractivity contribution is 7.08. The Kier molecular flexibility index (Phi) is 3.50. The van der Waals surface area contributed by atoms with Gasteiger partial charge in [0.1, 0.15) is 0 Å². The number of hydrogen-bond acceptors (Lipinski definition) is 4. The number of rotatable bonds is 3. The number of carbonyl (C=O) groups excluding carboxylic acids is 2. The minimum absolute atomic E-state index is 0.0400. The summed E-state index contributed by atoms with van der Waals surface area (Å²) in [5.41, 5.74) is 1.06. The van der Waals surface area contributed by atoms with Crippen LogP contribution in [0.1, 0.15) is 30.9 Å². The van der Waals surface area contributed by atoms with Gasteiger partial charge in [0, 0.05) is 6.42 Å². The standard InChI is InChI=1S/C16H18N2O3S/c19-14-4-2-12(15(18-14)9-5-6-22-8-9)17-16(20)11-7-10-1-3-13(11)21-10/h1,3,5-6,8,10-13,15H,2,4,7H2,(H,17,20)(H,18,19)/t10?,11?,12-,13?,15+/m1/s1. The Bertz CT molecular complexity index is 613. The molecule has 2 N–H and O–H groups in total. The van der Waals surface area contributed by atoms with E-state index in [1.807, 2.05) is 29.0 Å². The normalized spacial score (nSPS) is 36.4. The molecule has 22 heavy (non-hydrogen) atoms. The number of fused-ring (bicyclic) bond motifs is 2. The zero-order valence-electron chi connectivity index (χ0n) is 12.0. The summed E-state index contributed by atoms with van der Waals surface area (Å²) in [6, 6.07) is 1.82. The topological polar surface area (TPSA) is 67.4 Å².